The van der Waals surface area contributed by atoms with Crippen molar-refractivity contribution in [1.29, 1.82) is 0 Å². The van der Waals surface area contributed by atoms with E-state index in [2.05, 4.69) is 15.5 Å². The molecule has 19 heavy (non-hydrogen) atoms. The van der Waals surface area contributed by atoms with Gasteiger partial charge in [-0.1, -0.05) is 0 Å². The van der Waals surface area contributed by atoms with Crippen LogP contribution in [0.1, 0.15) is 11.3 Å². The summed E-state index contributed by atoms with van der Waals surface area (Å²) in [4.78, 5) is 23.4. The number of hydrogen-bond donors (Lipinski definition) is 1. The fourth-order valence-corrected chi connectivity index (χ4v) is 1.76. The maximum absolute atomic E-state index is 11.9. The summed E-state index contributed by atoms with van der Waals surface area (Å²) in [7, 11) is 3.09. The maximum atomic E-state index is 11.9. The number of rotatable bonds is 4. The van der Waals surface area contributed by atoms with E-state index >= 15 is 0 Å². The smallest absolute Gasteiger partial charge is 0.307 e. The van der Waals surface area contributed by atoms with Crippen LogP contribution in [0.15, 0.2) is 34.1 Å². The van der Waals surface area contributed by atoms with E-state index in [4.69, 9.17) is 0 Å². The van der Waals surface area contributed by atoms with Crippen molar-refractivity contribution in [2.75, 3.05) is 0 Å². The largest absolute Gasteiger partial charge is 0.330 e. The van der Waals surface area contributed by atoms with Gasteiger partial charge < -0.3 is 9.88 Å². The minimum absolute atomic E-state index is 0.283. The molecule has 1 N–H and O–H groups in total. The van der Waals surface area contributed by atoms with E-state index in [1.54, 1.807) is 25.5 Å². The Labute approximate surface area is 109 Å². The number of nitrogens with zero attached hydrogens (tertiary/aromatic N) is 4. The summed E-state index contributed by atoms with van der Waals surface area (Å²) in [6.45, 7) is 0.886. The van der Waals surface area contributed by atoms with Crippen molar-refractivity contribution in [1.82, 2.24) is 24.6 Å². The molecular formula is C12H15N5O2. The van der Waals surface area contributed by atoms with E-state index in [1.165, 1.54) is 11.6 Å². The molecule has 0 spiro atoms. The van der Waals surface area contributed by atoms with Crippen molar-refractivity contribution in [3.63, 3.8) is 0 Å². The highest BCUT2D eigenvalue weighted by Crippen LogP contribution is 1.92. The quantitative estimate of drug-likeness (QED) is 0.776. The van der Waals surface area contributed by atoms with Crippen molar-refractivity contribution >= 4 is 0 Å². The lowest BCUT2D eigenvalue weighted by Crippen LogP contribution is -2.39. The molecule has 0 unspecified atom stereocenters. The molecule has 2 rings (SSSR count). The van der Waals surface area contributed by atoms with Crippen LogP contribution in [0.4, 0.5) is 0 Å². The lowest BCUT2D eigenvalue weighted by atomic mass is 10.3. The lowest BCUT2D eigenvalue weighted by Gasteiger charge is -2.07. The Bertz CT molecular complexity index is 675. The number of hydrogen-bond acceptors (Lipinski definition) is 5. The highest BCUT2D eigenvalue weighted by atomic mass is 16.2. The van der Waals surface area contributed by atoms with Gasteiger partial charge in [0, 0.05) is 45.1 Å². The van der Waals surface area contributed by atoms with Crippen LogP contribution >= 0.6 is 0 Å². The molecule has 2 aromatic rings. The average Bonchev–Trinajstić information content (AvgIpc) is 2.43. The third-order valence-corrected chi connectivity index (χ3v) is 2.77. The molecule has 0 aromatic carbocycles. The molecule has 0 saturated carbocycles. The molecule has 7 heteroatoms. The van der Waals surface area contributed by atoms with Gasteiger partial charge >= 0.3 is 5.69 Å². The van der Waals surface area contributed by atoms with Gasteiger partial charge in [0.25, 0.3) is 5.56 Å². The van der Waals surface area contributed by atoms with Crippen LogP contribution < -0.4 is 16.6 Å². The molecule has 0 aliphatic heterocycles. The molecule has 0 fully saturated rings. The zero-order valence-electron chi connectivity index (χ0n) is 10.8. The zero-order valence-corrected chi connectivity index (χ0v) is 10.8. The van der Waals surface area contributed by atoms with E-state index in [9.17, 15) is 9.59 Å². The summed E-state index contributed by atoms with van der Waals surface area (Å²) in [6, 6.07) is 3.65. The topological polar surface area (TPSA) is 81.8 Å². The van der Waals surface area contributed by atoms with E-state index in [0.29, 0.717) is 18.7 Å². The molecule has 0 atom stereocenters. The standard InChI is InChI=1S/C12H15N5O2/c1-16-8-9(11(18)17(2)12(16)19)6-13-7-10-4-3-5-14-15-10/h3-5,8,13H,6-7H2,1-2H3. The van der Waals surface area contributed by atoms with Gasteiger partial charge in [-0.3, -0.25) is 9.36 Å². The Kier molecular flexibility index (Phi) is 3.86. The maximum Gasteiger partial charge on any atom is 0.330 e. The molecule has 0 bridgehead atoms. The third kappa shape index (κ3) is 2.94. The van der Waals surface area contributed by atoms with Crippen molar-refractivity contribution in [2.24, 2.45) is 14.1 Å². The Morgan fingerprint density at radius 1 is 1.26 bits per heavy atom. The number of aryl methyl sites for hydroxylation is 1. The minimum Gasteiger partial charge on any atom is -0.307 e. The van der Waals surface area contributed by atoms with Crippen molar-refractivity contribution in [3.8, 4) is 0 Å². The van der Waals surface area contributed by atoms with Crippen molar-refractivity contribution in [3.05, 3.63) is 56.6 Å². The van der Waals surface area contributed by atoms with E-state index in [-0.39, 0.29) is 11.2 Å². The predicted molar refractivity (Wildman–Crippen MR) is 69.5 cm³/mol. The predicted octanol–water partition coefficient (Wildman–Crippen LogP) is -0.836. The molecule has 100 valence electrons. The summed E-state index contributed by atoms with van der Waals surface area (Å²) >= 11 is 0. The summed E-state index contributed by atoms with van der Waals surface area (Å²) in [5.74, 6) is 0. The van der Waals surface area contributed by atoms with Gasteiger partial charge in [-0.05, 0) is 12.1 Å². The molecule has 0 aliphatic rings. The summed E-state index contributed by atoms with van der Waals surface area (Å²) < 4.78 is 2.49. The summed E-state index contributed by atoms with van der Waals surface area (Å²) in [6.07, 6.45) is 3.15. The van der Waals surface area contributed by atoms with Gasteiger partial charge in [0.1, 0.15) is 0 Å². The second-order valence-corrected chi connectivity index (χ2v) is 4.23. The molecule has 2 heterocycles. The van der Waals surface area contributed by atoms with Crippen LogP contribution in [-0.4, -0.2) is 19.3 Å². The first kappa shape index (κ1) is 13.2. The highest BCUT2D eigenvalue weighted by molar-refractivity contribution is 5.06. The monoisotopic (exact) mass is 261 g/mol. The van der Waals surface area contributed by atoms with Crippen molar-refractivity contribution in [2.45, 2.75) is 13.1 Å². The van der Waals surface area contributed by atoms with Crippen LogP contribution in [0, 0.1) is 0 Å². The van der Waals surface area contributed by atoms with E-state index < -0.39 is 0 Å². The first-order valence-corrected chi connectivity index (χ1v) is 5.82. The highest BCUT2D eigenvalue weighted by Gasteiger charge is 2.06. The van der Waals surface area contributed by atoms with Gasteiger partial charge in [0.2, 0.25) is 0 Å². The fraction of sp³-hybridized carbons (Fsp3) is 0.333. The number of nitrogens with one attached hydrogen (secondary N) is 1. The number of aromatic nitrogens is 4. The second-order valence-electron chi connectivity index (χ2n) is 4.23. The van der Waals surface area contributed by atoms with Gasteiger partial charge in [0.05, 0.1) is 5.69 Å². The molecule has 0 amide bonds. The van der Waals surface area contributed by atoms with Gasteiger partial charge in [0.15, 0.2) is 0 Å². The molecule has 2 aromatic heterocycles. The van der Waals surface area contributed by atoms with Crippen molar-refractivity contribution < 1.29 is 0 Å². The van der Waals surface area contributed by atoms with Crippen LogP contribution in [0.3, 0.4) is 0 Å². The first-order chi connectivity index (χ1) is 9.09. The second kappa shape index (κ2) is 5.57. The Morgan fingerprint density at radius 2 is 2.05 bits per heavy atom. The zero-order chi connectivity index (χ0) is 13.8. The third-order valence-electron chi connectivity index (χ3n) is 2.77. The van der Waals surface area contributed by atoms with E-state index in [1.807, 2.05) is 6.07 Å². The SMILES string of the molecule is Cn1cc(CNCc2cccnn2)c(=O)n(C)c1=O. The molecule has 7 nitrogen and oxygen atoms in total. The lowest BCUT2D eigenvalue weighted by molar-refractivity contribution is 0.622. The average molecular weight is 261 g/mol. The van der Waals surface area contributed by atoms with Crippen LogP contribution in [0.5, 0.6) is 0 Å². The summed E-state index contributed by atoms with van der Waals surface area (Å²) in [5.41, 5.74) is 0.718. The Morgan fingerprint density at radius 3 is 2.74 bits per heavy atom. The minimum atomic E-state index is -0.331. The van der Waals surface area contributed by atoms with Crippen LogP contribution in [0.2, 0.25) is 0 Å². The molecule has 0 radical (unpaired) electrons. The van der Waals surface area contributed by atoms with Gasteiger partial charge in [-0.2, -0.15) is 10.2 Å². The fourth-order valence-electron chi connectivity index (χ4n) is 1.76. The molecular weight excluding hydrogens is 246 g/mol. The molecule has 0 aliphatic carbocycles. The van der Waals surface area contributed by atoms with Crippen LogP contribution in [0.25, 0.3) is 0 Å². The summed E-state index contributed by atoms with van der Waals surface area (Å²) in [5, 5.41) is 10.8. The van der Waals surface area contributed by atoms with Gasteiger partial charge in [-0.15, -0.1) is 0 Å². The first-order valence-electron chi connectivity index (χ1n) is 5.82. The Hall–Kier alpha value is -2.28. The van der Waals surface area contributed by atoms with Gasteiger partial charge in [-0.25, -0.2) is 4.79 Å². The molecule has 0 saturated heterocycles. The normalized spacial score (nSPS) is 10.6. The van der Waals surface area contributed by atoms with Crippen LogP contribution in [-0.2, 0) is 27.2 Å². The van der Waals surface area contributed by atoms with E-state index in [0.717, 1.165) is 10.3 Å². The Balaban J connectivity index is 2.09.